The molecule has 1 unspecified atom stereocenters. The van der Waals surface area contributed by atoms with E-state index < -0.39 is 12.1 Å². The number of urea groups is 1. The third-order valence-electron chi connectivity index (χ3n) is 2.07. The van der Waals surface area contributed by atoms with Crippen LogP contribution in [0.2, 0.25) is 0 Å². The number of hydrogen-bond acceptors (Lipinski definition) is 2. The van der Waals surface area contributed by atoms with Gasteiger partial charge in [0.05, 0.1) is 4.47 Å². The molecule has 0 radical (unpaired) electrons. The molecule has 0 aromatic heterocycles. The van der Waals surface area contributed by atoms with Crippen LogP contribution >= 0.6 is 15.9 Å². The Morgan fingerprint density at radius 3 is 2.80 bits per heavy atom. The first-order valence-corrected chi connectivity index (χ1v) is 4.97. The van der Waals surface area contributed by atoms with Crippen molar-refractivity contribution in [2.24, 2.45) is 10.7 Å². The lowest BCUT2D eigenvalue weighted by atomic mass is 10.1. The van der Waals surface area contributed by atoms with Crippen molar-refractivity contribution < 1.29 is 9.18 Å². The van der Waals surface area contributed by atoms with E-state index in [0.717, 1.165) is 0 Å². The van der Waals surface area contributed by atoms with Gasteiger partial charge >= 0.3 is 6.03 Å². The Hall–Kier alpha value is -1.43. The van der Waals surface area contributed by atoms with Crippen LogP contribution in [0.5, 0.6) is 0 Å². The molecule has 0 aliphatic carbocycles. The van der Waals surface area contributed by atoms with E-state index in [9.17, 15) is 9.18 Å². The average Bonchev–Trinajstić information content (AvgIpc) is 2.50. The number of hydrogen-bond donors (Lipinski definition) is 2. The largest absolute Gasteiger partial charge is 0.385 e. The smallest absolute Gasteiger partial charge is 0.343 e. The van der Waals surface area contributed by atoms with Crippen molar-refractivity contribution in [3.8, 4) is 0 Å². The monoisotopic (exact) mass is 271 g/mol. The highest BCUT2D eigenvalue weighted by molar-refractivity contribution is 9.10. The van der Waals surface area contributed by atoms with Gasteiger partial charge in [-0.3, -0.25) is 0 Å². The van der Waals surface area contributed by atoms with E-state index in [1.165, 1.54) is 6.07 Å². The summed E-state index contributed by atoms with van der Waals surface area (Å²) in [5, 5.41) is 2.56. The number of amides is 2. The summed E-state index contributed by atoms with van der Waals surface area (Å²) in [5.41, 5.74) is 6.24. The molecule has 1 aromatic rings. The molecule has 0 saturated carbocycles. The molecule has 0 spiro atoms. The van der Waals surface area contributed by atoms with Gasteiger partial charge in [-0.25, -0.2) is 9.18 Å². The molecule has 1 aromatic carbocycles. The summed E-state index contributed by atoms with van der Waals surface area (Å²) in [5.74, 6) is -0.169. The average molecular weight is 272 g/mol. The Kier molecular flexibility index (Phi) is 2.44. The molecule has 3 N–H and O–H groups in total. The van der Waals surface area contributed by atoms with Crippen LogP contribution < -0.4 is 11.1 Å². The molecular weight excluding hydrogens is 265 g/mol. The minimum Gasteiger partial charge on any atom is -0.385 e. The fourth-order valence-electron chi connectivity index (χ4n) is 1.36. The number of rotatable bonds is 1. The Morgan fingerprint density at radius 2 is 2.27 bits per heavy atom. The van der Waals surface area contributed by atoms with Gasteiger partial charge in [0, 0.05) is 0 Å². The molecule has 2 amide bonds. The van der Waals surface area contributed by atoms with Crippen LogP contribution in [0.15, 0.2) is 27.7 Å². The van der Waals surface area contributed by atoms with Crippen molar-refractivity contribution in [3.63, 3.8) is 0 Å². The molecule has 15 heavy (non-hydrogen) atoms. The molecule has 78 valence electrons. The van der Waals surface area contributed by atoms with Crippen molar-refractivity contribution in [1.29, 1.82) is 0 Å². The van der Waals surface area contributed by atoms with Gasteiger partial charge in [-0.1, -0.05) is 6.07 Å². The van der Waals surface area contributed by atoms with Gasteiger partial charge in [0.2, 0.25) is 0 Å². The van der Waals surface area contributed by atoms with Crippen LogP contribution in [-0.4, -0.2) is 11.9 Å². The first-order chi connectivity index (χ1) is 7.08. The lowest BCUT2D eigenvalue weighted by molar-refractivity contribution is 0.250. The van der Waals surface area contributed by atoms with Crippen molar-refractivity contribution in [1.82, 2.24) is 5.32 Å². The maximum atomic E-state index is 13.0. The van der Waals surface area contributed by atoms with Crippen LogP contribution in [0.3, 0.4) is 0 Å². The Morgan fingerprint density at radius 1 is 1.53 bits per heavy atom. The number of aliphatic imine (C=N–C) groups is 1. The number of nitrogens with zero attached hydrogens (tertiary/aromatic N) is 1. The standard InChI is InChI=1S/C9H7BrFN3O/c10-5-3-4(1-2-6(5)11)7-8(12)14-9(15)13-7/h1-3,7H,(H3,12,13,14,15). The van der Waals surface area contributed by atoms with E-state index in [1.807, 2.05) is 0 Å². The van der Waals surface area contributed by atoms with Gasteiger partial charge in [-0.05, 0) is 33.6 Å². The van der Waals surface area contributed by atoms with E-state index in [2.05, 4.69) is 26.2 Å². The number of nitrogens with one attached hydrogen (secondary N) is 1. The molecule has 1 atom stereocenters. The molecule has 1 heterocycles. The zero-order valence-corrected chi connectivity index (χ0v) is 9.08. The number of carbonyl (C=O) groups is 1. The van der Waals surface area contributed by atoms with Gasteiger partial charge in [-0.2, -0.15) is 4.99 Å². The van der Waals surface area contributed by atoms with E-state index in [1.54, 1.807) is 12.1 Å². The van der Waals surface area contributed by atoms with E-state index in [0.29, 0.717) is 10.0 Å². The highest BCUT2D eigenvalue weighted by Gasteiger charge is 2.25. The highest BCUT2D eigenvalue weighted by atomic mass is 79.9. The van der Waals surface area contributed by atoms with Gasteiger partial charge in [0.1, 0.15) is 17.7 Å². The van der Waals surface area contributed by atoms with Gasteiger partial charge in [0.15, 0.2) is 0 Å². The fourth-order valence-corrected chi connectivity index (χ4v) is 1.75. The second kappa shape index (κ2) is 3.62. The van der Waals surface area contributed by atoms with Crippen LogP contribution in [0.1, 0.15) is 11.6 Å². The molecule has 1 aliphatic heterocycles. The predicted molar refractivity (Wildman–Crippen MR) is 57.0 cm³/mol. The van der Waals surface area contributed by atoms with Crippen LogP contribution in [0, 0.1) is 5.82 Å². The summed E-state index contributed by atoms with van der Waals surface area (Å²) in [6.45, 7) is 0. The Bertz CT molecular complexity index is 461. The third kappa shape index (κ3) is 1.85. The van der Waals surface area contributed by atoms with Crippen LogP contribution in [0.25, 0.3) is 0 Å². The topological polar surface area (TPSA) is 67.5 Å². The Labute approximate surface area is 93.5 Å². The summed E-state index contributed by atoms with van der Waals surface area (Å²) < 4.78 is 13.3. The first kappa shape index (κ1) is 10.1. The van der Waals surface area contributed by atoms with Gasteiger partial charge in [-0.15, -0.1) is 0 Å². The Balaban J connectivity index is 2.35. The number of carbonyl (C=O) groups excluding carboxylic acids is 1. The number of amidine groups is 1. The van der Waals surface area contributed by atoms with E-state index >= 15 is 0 Å². The molecule has 4 nitrogen and oxygen atoms in total. The van der Waals surface area contributed by atoms with Crippen molar-refractivity contribution >= 4 is 27.8 Å². The summed E-state index contributed by atoms with van der Waals surface area (Å²) in [7, 11) is 0. The van der Waals surface area contributed by atoms with Crippen LogP contribution in [-0.2, 0) is 0 Å². The number of benzene rings is 1. The maximum absolute atomic E-state index is 13.0. The minimum atomic E-state index is -0.474. The molecule has 1 aliphatic rings. The van der Waals surface area contributed by atoms with Crippen molar-refractivity contribution in [2.45, 2.75) is 6.04 Å². The molecular formula is C9H7BrFN3O. The normalized spacial score (nSPS) is 20.0. The van der Waals surface area contributed by atoms with E-state index in [-0.39, 0.29) is 11.7 Å². The summed E-state index contributed by atoms with van der Waals surface area (Å²) in [6, 6.07) is 3.48. The van der Waals surface area contributed by atoms with Crippen molar-refractivity contribution in [2.75, 3.05) is 0 Å². The van der Waals surface area contributed by atoms with Crippen molar-refractivity contribution in [3.05, 3.63) is 34.1 Å². The number of nitrogens with two attached hydrogens (primary N) is 1. The summed E-state index contributed by atoms with van der Waals surface area (Å²) in [6.07, 6.45) is 0. The second-order valence-electron chi connectivity index (χ2n) is 3.09. The zero-order chi connectivity index (χ0) is 11.0. The minimum absolute atomic E-state index is 0.193. The predicted octanol–water partition coefficient (Wildman–Crippen LogP) is 1.71. The molecule has 0 bridgehead atoms. The number of halogens is 2. The SMILES string of the molecule is NC1=NC(=O)NC1c1ccc(F)c(Br)c1. The molecule has 2 rings (SSSR count). The van der Waals surface area contributed by atoms with Gasteiger partial charge in [0.25, 0.3) is 0 Å². The first-order valence-electron chi connectivity index (χ1n) is 4.17. The molecule has 6 heteroatoms. The lowest BCUT2D eigenvalue weighted by Crippen LogP contribution is -2.27. The summed E-state index contributed by atoms with van der Waals surface area (Å²) in [4.78, 5) is 14.5. The van der Waals surface area contributed by atoms with E-state index in [4.69, 9.17) is 5.73 Å². The quantitative estimate of drug-likeness (QED) is 0.817. The van der Waals surface area contributed by atoms with Crippen LogP contribution in [0.4, 0.5) is 9.18 Å². The highest BCUT2D eigenvalue weighted by Crippen LogP contribution is 2.23. The molecule has 0 fully saturated rings. The maximum Gasteiger partial charge on any atom is 0.343 e. The molecule has 0 saturated heterocycles. The lowest BCUT2D eigenvalue weighted by Gasteiger charge is -2.11. The third-order valence-corrected chi connectivity index (χ3v) is 2.68. The summed E-state index contributed by atoms with van der Waals surface area (Å²) >= 11 is 3.06. The second-order valence-corrected chi connectivity index (χ2v) is 3.95. The fraction of sp³-hybridized carbons (Fsp3) is 0.111. The van der Waals surface area contributed by atoms with Gasteiger partial charge < -0.3 is 11.1 Å². The zero-order valence-electron chi connectivity index (χ0n) is 7.50.